The summed E-state index contributed by atoms with van der Waals surface area (Å²) in [5, 5.41) is 10.9. The number of nitrogens with zero attached hydrogens (tertiary/aromatic N) is 2. The molecule has 0 bridgehead atoms. The number of thiocyanates is 1. The van der Waals surface area contributed by atoms with Gasteiger partial charge in [0.15, 0.2) is 0 Å². The van der Waals surface area contributed by atoms with E-state index in [0.29, 0.717) is 13.2 Å². The van der Waals surface area contributed by atoms with Gasteiger partial charge in [0, 0.05) is 24.2 Å². The highest BCUT2D eigenvalue weighted by Gasteiger charge is 2.44. The van der Waals surface area contributed by atoms with Crippen LogP contribution in [0.4, 0.5) is 5.69 Å². The molecule has 2 rings (SSSR count). The fourth-order valence-electron chi connectivity index (χ4n) is 2.83. The van der Waals surface area contributed by atoms with Crippen molar-refractivity contribution in [2.45, 2.75) is 31.1 Å². The number of anilines is 1. The summed E-state index contributed by atoms with van der Waals surface area (Å²) in [5.74, 6) is 0.0896. The van der Waals surface area contributed by atoms with Crippen molar-refractivity contribution in [3.8, 4) is 5.40 Å². The highest BCUT2D eigenvalue weighted by atomic mass is 32.2. The van der Waals surface area contributed by atoms with Gasteiger partial charge in [-0.15, -0.1) is 0 Å². The smallest absolute Gasteiger partial charge is 0.237 e. The van der Waals surface area contributed by atoms with Crippen molar-refractivity contribution in [2.24, 2.45) is 0 Å². The fourth-order valence-corrected chi connectivity index (χ4v) is 3.34. The molecule has 4 nitrogen and oxygen atoms in total. The SMILES string of the molecule is COCCN1C(=O)C(C)(C)c2c(C)cc(SC#N)cc21. The van der Waals surface area contributed by atoms with E-state index in [-0.39, 0.29) is 5.91 Å². The van der Waals surface area contributed by atoms with E-state index in [2.05, 4.69) is 5.40 Å². The molecule has 1 heterocycles. The van der Waals surface area contributed by atoms with Gasteiger partial charge in [0.2, 0.25) is 5.91 Å². The number of methoxy groups -OCH3 is 1. The van der Waals surface area contributed by atoms with Crippen LogP contribution in [0.2, 0.25) is 0 Å². The molecule has 106 valence electrons. The molecular weight excluding hydrogens is 272 g/mol. The molecule has 5 heteroatoms. The molecule has 0 radical (unpaired) electrons. The van der Waals surface area contributed by atoms with Crippen molar-refractivity contribution in [1.29, 1.82) is 5.26 Å². The molecule has 0 aromatic heterocycles. The van der Waals surface area contributed by atoms with E-state index in [1.807, 2.05) is 32.9 Å². The van der Waals surface area contributed by atoms with Gasteiger partial charge in [-0.2, -0.15) is 5.26 Å². The zero-order valence-electron chi connectivity index (χ0n) is 12.2. The molecule has 0 spiro atoms. The Bertz CT molecular complexity index is 590. The molecule has 20 heavy (non-hydrogen) atoms. The Morgan fingerprint density at radius 1 is 1.45 bits per heavy atom. The van der Waals surface area contributed by atoms with Crippen LogP contribution in [-0.4, -0.2) is 26.2 Å². The van der Waals surface area contributed by atoms with Crippen LogP contribution in [-0.2, 0) is 14.9 Å². The summed E-state index contributed by atoms with van der Waals surface area (Å²) < 4.78 is 5.09. The monoisotopic (exact) mass is 290 g/mol. The van der Waals surface area contributed by atoms with Gasteiger partial charge in [0.25, 0.3) is 0 Å². The summed E-state index contributed by atoms with van der Waals surface area (Å²) >= 11 is 1.12. The number of aryl methyl sites for hydroxylation is 1. The number of carbonyl (C=O) groups excluding carboxylic acids is 1. The van der Waals surface area contributed by atoms with Gasteiger partial charge in [-0.1, -0.05) is 0 Å². The third-order valence-corrected chi connectivity index (χ3v) is 4.23. The van der Waals surface area contributed by atoms with E-state index in [4.69, 9.17) is 10.00 Å². The maximum atomic E-state index is 12.6. The quantitative estimate of drug-likeness (QED) is 0.632. The van der Waals surface area contributed by atoms with Crippen LogP contribution >= 0.6 is 11.8 Å². The molecule has 1 aromatic rings. The second-order valence-corrected chi connectivity index (χ2v) is 6.26. The lowest BCUT2D eigenvalue weighted by atomic mass is 9.83. The molecule has 1 aliphatic heterocycles. The highest BCUT2D eigenvalue weighted by Crippen LogP contribution is 2.45. The Morgan fingerprint density at radius 3 is 2.75 bits per heavy atom. The number of benzene rings is 1. The molecule has 0 aliphatic carbocycles. The van der Waals surface area contributed by atoms with Crippen molar-refractivity contribution in [1.82, 2.24) is 0 Å². The van der Waals surface area contributed by atoms with Crippen LogP contribution in [0.15, 0.2) is 17.0 Å². The van der Waals surface area contributed by atoms with Crippen molar-refractivity contribution < 1.29 is 9.53 Å². The molecule has 0 saturated carbocycles. The summed E-state index contributed by atoms with van der Waals surface area (Å²) in [6.45, 7) is 6.92. The topological polar surface area (TPSA) is 53.3 Å². The minimum absolute atomic E-state index is 0.0896. The summed E-state index contributed by atoms with van der Waals surface area (Å²) in [6, 6.07) is 3.90. The zero-order chi connectivity index (χ0) is 14.9. The Labute approximate surface area is 123 Å². The molecule has 0 saturated heterocycles. The summed E-state index contributed by atoms with van der Waals surface area (Å²) in [6.07, 6.45) is 0. The largest absolute Gasteiger partial charge is 0.383 e. The van der Waals surface area contributed by atoms with Crippen molar-refractivity contribution >= 4 is 23.4 Å². The second kappa shape index (κ2) is 5.47. The Morgan fingerprint density at radius 2 is 2.15 bits per heavy atom. The molecular formula is C15H18N2O2S. The van der Waals surface area contributed by atoms with Gasteiger partial charge in [-0.05, 0) is 55.8 Å². The van der Waals surface area contributed by atoms with Gasteiger partial charge in [0.05, 0.1) is 12.0 Å². The molecule has 0 N–H and O–H groups in total. The number of ether oxygens (including phenoxy) is 1. The Balaban J connectivity index is 2.54. The van der Waals surface area contributed by atoms with E-state index in [1.165, 1.54) is 0 Å². The van der Waals surface area contributed by atoms with Crippen LogP contribution < -0.4 is 4.90 Å². The first kappa shape index (κ1) is 14.9. The van der Waals surface area contributed by atoms with E-state index in [0.717, 1.165) is 33.5 Å². The first-order valence-corrected chi connectivity index (χ1v) is 7.27. The highest BCUT2D eigenvalue weighted by molar-refractivity contribution is 8.03. The predicted octanol–water partition coefficient (Wildman–Crippen LogP) is 2.84. The van der Waals surface area contributed by atoms with Gasteiger partial charge < -0.3 is 9.64 Å². The minimum Gasteiger partial charge on any atom is -0.383 e. The fraction of sp³-hybridized carbons (Fsp3) is 0.467. The lowest BCUT2D eigenvalue weighted by Gasteiger charge is -2.20. The van der Waals surface area contributed by atoms with Gasteiger partial charge in [-0.3, -0.25) is 4.79 Å². The molecule has 1 amide bonds. The minimum atomic E-state index is -0.525. The van der Waals surface area contributed by atoms with E-state index in [9.17, 15) is 4.79 Å². The number of nitriles is 1. The lowest BCUT2D eigenvalue weighted by Crippen LogP contribution is -2.38. The second-order valence-electron chi connectivity index (χ2n) is 5.40. The number of carbonyl (C=O) groups is 1. The number of hydrogen-bond acceptors (Lipinski definition) is 4. The first-order valence-electron chi connectivity index (χ1n) is 6.45. The van der Waals surface area contributed by atoms with Gasteiger partial charge >= 0.3 is 0 Å². The maximum absolute atomic E-state index is 12.6. The first-order chi connectivity index (χ1) is 9.43. The molecule has 0 atom stereocenters. The number of amides is 1. The lowest BCUT2D eigenvalue weighted by molar-refractivity contribution is -0.122. The average Bonchev–Trinajstić information content (AvgIpc) is 2.56. The normalized spacial score (nSPS) is 16.1. The summed E-state index contributed by atoms with van der Waals surface area (Å²) in [5.41, 5.74) is 2.50. The average molecular weight is 290 g/mol. The van der Waals surface area contributed by atoms with Crippen molar-refractivity contribution in [3.63, 3.8) is 0 Å². The number of hydrogen-bond donors (Lipinski definition) is 0. The number of rotatable bonds is 4. The molecule has 1 aromatic carbocycles. The summed E-state index contributed by atoms with van der Waals surface area (Å²) in [4.78, 5) is 15.3. The Kier molecular flexibility index (Phi) is 4.07. The van der Waals surface area contributed by atoms with Crippen LogP contribution in [0.3, 0.4) is 0 Å². The van der Waals surface area contributed by atoms with Crippen molar-refractivity contribution in [2.75, 3.05) is 25.2 Å². The number of thioether (sulfide) groups is 1. The van der Waals surface area contributed by atoms with Crippen LogP contribution in [0.1, 0.15) is 25.0 Å². The van der Waals surface area contributed by atoms with E-state index < -0.39 is 5.41 Å². The third kappa shape index (κ3) is 2.30. The maximum Gasteiger partial charge on any atom is 0.237 e. The van der Waals surface area contributed by atoms with Crippen LogP contribution in [0.5, 0.6) is 0 Å². The third-order valence-electron chi connectivity index (χ3n) is 3.67. The molecule has 0 unspecified atom stereocenters. The van der Waals surface area contributed by atoms with Crippen LogP contribution in [0, 0.1) is 17.6 Å². The van der Waals surface area contributed by atoms with E-state index in [1.54, 1.807) is 12.0 Å². The van der Waals surface area contributed by atoms with Gasteiger partial charge in [0.1, 0.15) is 5.40 Å². The predicted molar refractivity (Wildman–Crippen MR) is 79.9 cm³/mol. The van der Waals surface area contributed by atoms with Gasteiger partial charge in [-0.25, -0.2) is 0 Å². The standard InChI is InChI=1S/C15H18N2O2S/c1-10-7-11(20-9-16)8-12-13(10)15(2,3)14(18)17(12)5-6-19-4/h7-8H,5-6H2,1-4H3. The molecule has 1 aliphatic rings. The Hall–Kier alpha value is -1.51. The number of fused-ring (bicyclic) bond motifs is 1. The van der Waals surface area contributed by atoms with Crippen LogP contribution in [0.25, 0.3) is 0 Å². The van der Waals surface area contributed by atoms with Crippen molar-refractivity contribution in [3.05, 3.63) is 23.3 Å². The van der Waals surface area contributed by atoms with E-state index >= 15 is 0 Å². The zero-order valence-corrected chi connectivity index (χ0v) is 13.0. The summed E-state index contributed by atoms with van der Waals surface area (Å²) in [7, 11) is 1.62. The molecule has 0 fully saturated rings.